The third-order valence-corrected chi connectivity index (χ3v) is 2.76. The first-order chi connectivity index (χ1) is 7.36. The number of rotatable bonds is 3. The average Bonchev–Trinajstić information content (AvgIpc) is 2.31. The molecule has 1 atom stereocenters. The van der Waals surface area contributed by atoms with Gasteiger partial charge >= 0.3 is 0 Å². The Morgan fingerprint density at radius 1 is 1.27 bits per heavy atom. The van der Waals surface area contributed by atoms with Gasteiger partial charge in [-0.25, -0.2) is 10.4 Å². The van der Waals surface area contributed by atoms with Crippen LogP contribution in [0.25, 0.3) is 0 Å². The molecule has 1 aromatic heterocycles. The van der Waals surface area contributed by atoms with E-state index in [-0.39, 0.29) is 6.04 Å². The van der Waals surface area contributed by atoms with Gasteiger partial charge in [0.05, 0.1) is 17.9 Å². The van der Waals surface area contributed by atoms with Gasteiger partial charge in [-0.1, -0.05) is 6.42 Å². The van der Waals surface area contributed by atoms with Gasteiger partial charge < -0.3 is 0 Å². The number of nitrogens with zero attached hydrogens (tertiary/aromatic N) is 3. The topological polar surface area (TPSA) is 41.0 Å². The van der Waals surface area contributed by atoms with E-state index in [4.69, 9.17) is 0 Å². The molecule has 0 saturated carbocycles. The lowest BCUT2D eigenvalue weighted by Crippen LogP contribution is -2.43. The molecular formula is C11H18N4. The third-order valence-electron chi connectivity index (χ3n) is 2.76. The van der Waals surface area contributed by atoms with Gasteiger partial charge in [0.1, 0.15) is 0 Å². The molecule has 4 heteroatoms. The predicted octanol–water partition coefficient (Wildman–Crippen LogP) is 1.53. The number of aromatic nitrogens is 2. The number of nitrogens with one attached hydrogen (secondary N) is 1. The molecule has 0 amide bonds. The maximum atomic E-state index is 4.29. The zero-order valence-corrected chi connectivity index (χ0v) is 9.19. The minimum Gasteiger partial charge on any atom is -0.261 e. The van der Waals surface area contributed by atoms with Crippen LogP contribution in [-0.4, -0.2) is 28.1 Å². The molecule has 1 aromatic rings. The van der Waals surface area contributed by atoms with Crippen LogP contribution in [0.15, 0.2) is 18.6 Å². The second kappa shape index (κ2) is 5.19. The van der Waals surface area contributed by atoms with Crippen molar-refractivity contribution in [3.8, 4) is 0 Å². The van der Waals surface area contributed by atoms with E-state index in [0.717, 1.165) is 18.8 Å². The fourth-order valence-corrected chi connectivity index (χ4v) is 1.90. The van der Waals surface area contributed by atoms with E-state index in [1.165, 1.54) is 19.3 Å². The number of piperidine rings is 1. The van der Waals surface area contributed by atoms with Crippen LogP contribution in [0.2, 0.25) is 0 Å². The normalized spacial score (nSPS) is 20.1. The van der Waals surface area contributed by atoms with Crippen LogP contribution in [0.5, 0.6) is 0 Å². The lowest BCUT2D eigenvalue weighted by molar-refractivity contribution is 0.132. The number of hydrazine groups is 1. The van der Waals surface area contributed by atoms with Gasteiger partial charge in [0.2, 0.25) is 0 Å². The summed E-state index contributed by atoms with van der Waals surface area (Å²) in [6, 6.07) is 0.247. The third kappa shape index (κ3) is 2.97. The zero-order chi connectivity index (χ0) is 10.5. The standard InChI is InChI=1S/C11H18N4/c1-10(11-9-12-5-6-13-11)14-15-7-3-2-4-8-15/h5-6,9-10,14H,2-4,7-8H2,1H3. The molecule has 1 N–H and O–H groups in total. The highest BCUT2D eigenvalue weighted by Crippen LogP contribution is 2.11. The van der Waals surface area contributed by atoms with Crippen LogP contribution in [0.4, 0.5) is 0 Å². The Morgan fingerprint density at radius 2 is 2.07 bits per heavy atom. The Labute approximate surface area is 90.7 Å². The fourth-order valence-electron chi connectivity index (χ4n) is 1.90. The molecule has 2 rings (SSSR count). The summed E-state index contributed by atoms with van der Waals surface area (Å²) < 4.78 is 0. The van der Waals surface area contributed by atoms with Gasteiger partial charge in [-0.2, -0.15) is 0 Å². The minimum absolute atomic E-state index is 0.247. The zero-order valence-electron chi connectivity index (χ0n) is 9.19. The molecule has 0 spiro atoms. The molecule has 4 nitrogen and oxygen atoms in total. The van der Waals surface area contributed by atoms with Crippen molar-refractivity contribution < 1.29 is 0 Å². The summed E-state index contributed by atoms with van der Waals surface area (Å²) in [6.45, 7) is 4.41. The van der Waals surface area contributed by atoms with Crippen molar-refractivity contribution in [1.82, 2.24) is 20.4 Å². The van der Waals surface area contributed by atoms with Crippen LogP contribution < -0.4 is 5.43 Å². The monoisotopic (exact) mass is 206 g/mol. The van der Waals surface area contributed by atoms with E-state index in [0.29, 0.717) is 0 Å². The molecule has 0 radical (unpaired) electrons. The van der Waals surface area contributed by atoms with Gasteiger partial charge in [0, 0.05) is 25.5 Å². The minimum atomic E-state index is 0.247. The predicted molar refractivity (Wildman–Crippen MR) is 59.0 cm³/mol. The summed E-state index contributed by atoms with van der Waals surface area (Å²) in [6.07, 6.45) is 9.21. The van der Waals surface area contributed by atoms with E-state index in [1.807, 2.05) is 6.20 Å². The Balaban J connectivity index is 1.88. The van der Waals surface area contributed by atoms with Gasteiger partial charge in [-0.05, 0) is 19.8 Å². The molecule has 0 bridgehead atoms. The second-order valence-corrected chi connectivity index (χ2v) is 4.03. The van der Waals surface area contributed by atoms with Crippen LogP contribution in [-0.2, 0) is 0 Å². The van der Waals surface area contributed by atoms with Gasteiger partial charge in [-0.15, -0.1) is 0 Å². The molecule has 15 heavy (non-hydrogen) atoms. The Bertz CT molecular complexity index is 282. The summed E-state index contributed by atoms with van der Waals surface area (Å²) in [4.78, 5) is 8.37. The Morgan fingerprint density at radius 3 is 2.73 bits per heavy atom. The van der Waals surface area contributed by atoms with E-state index in [2.05, 4.69) is 27.3 Å². The van der Waals surface area contributed by atoms with E-state index in [1.54, 1.807) is 12.4 Å². The SMILES string of the molecule is CC(NN1CCCCC1)c1cnccn1. The van der Waals surface area contributed by atoms with E-state index in [9.17, 15) is 0 Å². The fraction of sp³-hybridized carbons (Fsp3) is 0.636. The van der Waals surface area contributed by atoms with Crippen LogP contribution in [0.1, 0.15) is 37.9 Å². The lowest BCUT2D eigenvalue weighted by atomic mass is 10.1. The molecule has 1 unspecified atom stereocenters. The molecule has 1 fully saturated rings. The first-order valence-electron chi connectivity index (χ1n) is 5.63. The van der Waals surface area contributed by atoms with Crippen molar-refractivity contribution in [1.29, 1.82) is 0 Å². The van der Waals surface area contributed by atoms with E-state index >= 15 is 0 Å². The quantitative estimate of drug-likeness (QED) is 0.814. The van der Waals surface area contributed by atoms with Gasteiger partial charge in [0.15, 0.2) is 0 Å². The lowest BCUT2D eigenvalue weighted by Gasteiger charge is -2.29. The molecule has 1 saturated heterocycles. The van der Waals surface area contributed by atoms with Gasteiger partial charge in [0.25, 0.3) is 0 Å². The number of hydrogen-bond donors (Lipinski definition) is 1. The number of hydrogen-bond acceptors (Lipinski definition) is 4. The molecule has 2 heterocycles. The highest BCUT2D eigenvalue weighted by atomic mass is 15.5. The summed E-state index contributed by atoms with van der Waals surface area (Å²) in [5.41, 5.74) is 4.47. The van der Waals surface area contributed by atoms with Crippen LogP contribution in [0.3, 0.4) is 0 Å². The molecule has 82 valence electrons. The van der Waals surface area contributed by atoms with Crippen molar-refractivity contribution in [2.24, 2.45) is 0 Å². The first-order valence-corrected chi connectivity index (χ1v) is 5.63. The summed E-state index contributed by atoms with van der Waals surface area (Å²) in [7, 11) is 0. The average molecular weight is 206 g/mol. The maximum Gasteiger partial charge on any atom is 0.0766 e. The molecule has 1 aliphatic rings. The van der Waals surface area contributed by atoms with Crippen molar-refractivity contribution in [3.63, 3.8) is 0 Å². The Hall–Kier alpha value is -1.00. The van der Waals surface area contributed by atoms with E-state index < -0.39 is 0 Å². The van der Waals surface area contributed by atoms with Crippen molar-refractivity contribution in [2.75, 3.05) is 13.1 Å². The molecule has 0 aliphatic carbocycles. The van der Waals surface area contributed by atoms with Crippen molar-refractivity contribution in [3.05, 3.63) is 24.3 Å². The summed E-state index contributed by atoms with van der Waals surface area (Å²) in [5, 5.41) is 2.29. The Kier molecular flexibility index (Phi) is 3.64. The van der Waals surface area contributed by atoms with Crippen LogP contribution in [0, 0.1) is 0 Å². The molecular weight excluding hydrogens is 188 g/mol. The highest BCUT2D eigenvalue weighted by Gasteiger charge is 2.14. The highest BCUT2D eigenvalue weighted by molar-refractivity contribution is 5.00. The molecule has 0 aromatic carbocycles. The van der Waals surface area contributed by atoms with Crippen molar-refractivity contribution in [2.45, 2.75) is 32.2 Å². The second-order valence-electron chi connectivity index (χ2n) is 4.03. The summed E-state index contributed by atoms with van der Waals surface area (Å²) in [5.74, 6) is 0. The largest absolute Gasteiger partial charge is 0.261 e. The molecule has 1 aliphatic heterocycles. The summed E-state index contributed by atoms with van der Waals surface area (Å²) >= 11 is 0. The first kappa shape index (κ1) is 10.5. The van der Waals surface area contributed by atoms with Crippen LogP contribution >= 0.6 is 0 Å². The maximum absolute atomic E-state index is 4.29. The smallest absolute Gasteiger partial charge is 0.0766 e. The van der Waals surface area contributed by atoms with Gasteiger partial charge in [-0.3, -0.25) is 9.97 Å². The van der Waals surface area contributed by atoms with Crippen molar-refractivity contribution >= 4 is 0 Å².